The van der Waals surface area contributed by atoms with Crippen LogP contribution < -0.4 is 5.32 Å². The zero-order chi connectivity index (χ0) is 12.7. The maximum absolute atomic E-state index is 13.9. The molecule has 1 fully saturated rings. The second kappa shape index (κ2) is 4.19. The van der Waals surface area contributed by atoms with E-state index in [-0.39, 0.29) is 0 Å². The van der Waals surface area contributed by atoms with Crippen LogP contribution in [0.4, 0.5) is 13.3 Å². The van der Waals surface area contributed by atoms with Gasteiger partial charge in [-0.15, -0.1) is 4.48 Å². The molecule has 0 spiro atoms. The summed E-state index contributed by atoms with van der Waals surface area (Å²) >= 11 is 0. The number of nitrogens with one attached hydrogen (secondary N) is 1. The first kappa shape index (κ1) is 13.2. The highest BCUT2D eigenvalue weighted by Gasteiger charge is 2.59. The molecule has 16 heavy (non-hydrogen) atoms. The first-order valence-electron chi connectivity index (χ1n) is 4.64. The lowest BCUT2D eigenvalue weighted by Crippen LogP contribution is -2.71. The van der Waals surface area contributed by atoms with Gasteiger partial charge in [0.25, 0.3) is 5.92 Å². The van der Waals surface area contributed by atoms with E-state index in [1.165, 1.54) is 5.32 Å². The second-order valence-corrected chi connectivity index (χ2v) is 3.83. The van der Waals surface area contributed by atoms with Gasteiger partial charge in [-0.2, -0.15) is 4.39 Å². The van der Waals surface area contributed by atoms with Crippen molar-refractivity contribution in [1.82, 2.24) is 10.4 Å². The molecule has 0 aliphatic carbocycles. The summed E-state index contributed by atoms with van der Waals surface area (Å²) in [6, 6.07) is 0. The van der Waals surface area contributed by atoms with Crippen molar-refractivity contribution in [2.24, 2.45) is 5.92 Å². The van der Waals surface area contributed by atoms with E-state index < -0.39 is 41.4 Å². The van der Waals surface area contributed by atoms with Crippen LogP contribution in [0.2, 0.25) is 0 Å². The number of rotatable bonds is 1. The van der Waals surface area contributed by atoms with Crippen molar-refractivity contribution in [2.45, 2.75) is 38.3 Å². The number of amides is 1. The lowest BCUT2D eigenvalue weighted by Gasteiger charge is -2.45. The maximum atomic E-state index is 13.9. The summed E-state index contributed by atoms with van der Waals surface area (Å²) in [5, 5.41) is 19.1. The number of piperidine rings is 1. The molecule has 3 N–H and O–H groups in total. The van der Waals surface area contributed by atoms with E-state index in [4.69, 9.17) is 0 Å². The highest BCUT2D eigenvalue weighted by Crippen LogP contribution is 2.36. The predicted octanol–water partition coefficient (Wildman–Crippen LogP) is -0.401. The Labute approximate surface area is 89.8 Å². The molecule has 0 saturated carbocycles. The summed E-state index contributed by atoms with van der Waals surface area (Å²) in [5.41, 5.74) is 0. The highest BCUT2D eigenvalue weighted by molar-refractivity contribution is 5.73. The van der Waals surface area contributed by atoms with Crippen molar-refractivity contribution in [3.8, 4) is 0 Å². The Kier molecular flexibility index (Phi) is 3.46. The van der Waals surface area contributed by atoms with Gasteiger partial charge in [0.1, 0.15) is 6.10 Å². The molecule has 1 aliphatic rings. The van der Waals surface area contributed by atoms with Crippen molar-refractivity contribution in [3.63, 3.8) is 0 Å². The van der Waals surface area contributed by atoms with Crippen LogP contribution in [0, 0.1) is 5.92 Å². The van der Waals surface area contributed by atoms with E-state index >= 15 is 0 Å². The number of alkyl halides is 2. The Bertz CT molecular complexity index is 276. The molecule has 1 heterocycles. The third kappa shape index (κ3) is 1.87. The molecule has 1 amide bonds. The minimum atomic E-state index is -3.46. The Morgan fingerprint density at radius 3 is 2.44 bits per heavy atom. The number of carbonyl (C=O) groups excluding carboxylic acids is 1. The Morgan fingerprint density at radius 2 is 2.00 bits per heavy atom. The standard InChI is InChI=1S/C8H13F3N2O3/c1-3-5(15)6(16)8(10,12-4(2)14)13(11)7(3)9/h3,5-7,15-16H,1-2H3,(H,12,14)/t3-,5-,6+,7?,8+/m1/s1. The molecule has 1 unspecified atom stereocenters. The molecule has 0 aromatic carbocycles. The summed E-state index contributed by atoms with van der Waals surface area (Å²) in [6.45, 7) is 1.98. The van der Waals surface area contributed by atoms with Gasteiger partial charge in [0, 0.05) is 12.8 Å². The number of nitrogens with zero attached hydrogens (tertiary/aromatic N) is 1. The van der Waals surface area contributed by atoms with Crippen molar-refractivity contribution in [3.05, 3.63) is 0 Å². The zero-order valence-electron chi connectivity index (χ0n) is 8.69. The molecule has 1 saturated heterocycles. The minimum absolute atomic E-state index is 0.875. The average molecular weight is 242 g/mol. The summed E-state index contributed by atoms with van der Waals surface area (Å²) in [4.78, 5) is 10.6. The smallest absolute Gasteiger partial charge is 0.297 e. The van der Waals surface area contributed by atoms with Crippen LogP contribution in [0.25, 0.3) is 0 Å². The molecule has 94 valence electrons. The molecule has 0 bridgehead atoms. The molecule has 0 aromatic heterocycles. The molecular formula is C8H13F3N2O3. The predicted molar refractivity (Wildman–Crippen MR) is 46.7 cm³/mol. The Hall–Kier alpha value is -0.860. The number of hydrogen-bond acceptors (Lipinski definition) is 4. The summed E-state index contributed by atoms with van der Waals surface area (Å²) in [5.74, 6) is -5.78. The summed E-state index contributed by atoms with van der Waals surface area (Å²) in [7, 11) is 0. The van der Waals surface area contributed by atoms with E-state index in [9.17, 15) is 28.3 Å². The van der Waals surface area contributed by atoms with Gasteiger partial charge in [0.05, 0.1) is 6.10 Å². The van der Waals surface area contributed by atoms with Gasteiger partial charge in [-0.25, -0.2) is 4.39 Å². The Morgan fingerprint density at radius 1 is 1.50 bits per heavy atom. The molecule has 8 heteroatoms. The summed E-state index contributed by atoms with van der Waals surface area (Å²) in [6.07, 6.45) is -6.56. The molecule has 0 aromatic rings. The Balaban J connectivity index is 3.02. The fourth-order valence-corrected chi connectivity index (χ4v) is 1.56. The highest BCUT2D eigenvalue weighted by atomic mass is 19.2. The van der Waals surface area contributed by atoms with Crippen LogP contribution >= 0.6 is 0 Å². The second-order valence-electron chi connectivity index (χ2n) is 3.83. The number of aliphatic hydroxyl groups is 2. The van der Waals surface area contributed by atoms with E-state index in [1.54, 1.807) is 0 Å². The molecular weight excluding hydrogens is 229 g/mol. The topological polar surface area (TPSA) is 72.8 Å². The van der Waals surface area contributed by atoms with Gasteiger partial charge in [-0.1, -0.05) is 12.0 Å². The van der Waals surface area contributed by atoms with Crippen LogP contribution in [-0.4, -0.2) is 45.7 Å². The van der Waals surface area contributed by atoms with E-state index in [1.807, 2.05) is 0 Å². The molecule has 1 aliphatic heterocycles. The van der Waals surface area contributed by atoms with Gasteiger partial charge in [-0.3, -0.25) is 4.79 Å². The van der Waals surface area contributed by atoms with Gasteiger partial charge < -0.3 is 15.5 Å². The van der Waals surface area contributed by atoms with Crippen LogP contribution in [0.3, 0.4) is 0 Å². The fourth-order valence-electron chi connectivity index (χ4n) is 1.56. The zero-order valence-corrected chi connectivity index (χ0v) is 8.69. The number of aliphatic hydroxyl groups excluding tert-OH is 2. The quantitative estimate of drug-likeness (QED) is 0.432. The summed E-state index contributed by atoms with van der Waals surface area (Å²) < 4.78 is 40.3. The van der Waals surface area contributed by atoms with Crippen molar-refractivity contribution < 1.29 is 28.3 Å². The molecule has 1 rings (SSSR count). The van der Waals surface area contributed by atoms with Crippen molar-refractivity contribution in [1.29, 1.82) is 0 Å². The molecule has 0 radical (unpaired) electrons. The van der Waals surface area contributed by atoms with Crippen LogP contribution in [-0.2, 0) is 4.79 Å². The monoisotopic (exact) mass is 242 g/mol. The molecule has 5 atom stereocenters. The largest absolute Gasteiger partial charge is 0.390 e. The number of halogens is 3. The van der Waals surface area contributed by atoms with E-state index in [2.05, 4.69) is 0 Å². The first-order valence-corrected chi connectivity index (χ1v) is 4.64. The lowest BCUT2D eigenvalue weighted by atomic mass is 9.91. The lowest BCUT2D eigenvalue weighted by molar-refractivity contribution is -0.324. The minimum Gasteiger partial charge on any atom is -0.390 e. The van der Waals surface area contributed by atoms with Crippen molar-refractivity contribution in [2.75, 3.05) is 0 Å². The van der Waals surface area contributed by atoms with Crippen LogP contribution in [0.15, 0.2) is 0 Å². The van der Waals surface area contributed by atoms with E-state index in [0.29, 0.717) is 0 Å². The fraction of sp³-hybridized carbons (Fsp3) is 0.875. The van der Waals surface area contributed by atoms with Crippen LogP contribution in [0.5, 0.6) is 0 Å². The number of carbonyl (C=O) groups is 1. The first-order chi connectivity index (χ1) is 7.21. The van der Waals surface area contributed by atoms with Gasteiger partial charge >= 0.3 is 0 Å². The van der Waals surface area contributed by atoms with Crippen LogP contribution in [0.1, 0.15) is 13.8 Å². The third-order valence-corrected chi connectivity index (χ3v) is 2.57. The van der Waals surface area contributed by atoms with Crippen molar-refractivity contribution >= 4 is 5.91 Å². The normalized spacial score (nSPS) is 45.4. The van der Waals surface area contributed by atoms with Gasteiger partial charge in [-0.05, 0) is 0 Å². The van der Waals surface area contributed by atoms with E-state index in [0.717, 1.165) is 13.8 Å². The number of hydrogen-bond donors (Lipinski definition) is 3. The molecule has 5 nitrogen and oxygen atoms in total. The third-order valence-electron chi connectivity index (χ3n) is 2.57. The SMILES string of the molecule is CC(=O)N[C@@]1(F)[C@@H](O)[C@H](O)[C@@H](C)C(F)N1F. The van der Waals surface area contributed by atoms with Gasteiger partial charge in [0.15, 0.2) is 6.30 Å². The average Bonchev–Trinajstić information content (AvgIpc) is 2.21. The maximum Gasteiger partial charge on any atom is 0.297 e. The van der Waals surface area contributed by atoms with Gasteiger partial charge in [0.2, 0.25) is 5.91 Å².